The van der Waals surface area contributed by atoms with Crippen LogP contribution in [-0.4, -0.2) is 32.4 Å². The minimum atomic E-state index is -3.98. The lowest BCUT2D eigenvalue weighted by atomic mass is 10.2. The first-order valence-corrected chi connectivity index (χ1v) is 5.79. The highest BCUT2D eigenvalue weighted by Crippen LogP contribution is 2.11. The maximum Gasteiger partial charge on any atom is 0.355 e. The molecule has 0 unspecified atom stereocenters. The van der Waals surface area contributed by atoms with Crippen LogP contribution in [0.4, 0.5) is 0 Å². The molecule has 1 aromatic rings. The molecule has 0 radical (unpaired) electrons. The molecule has 1 aliphatic heterocycles. The monoisotopic (exact) mass is 257 g/mol. The molecule has 17 heavy (non-hydrogen) atoms. The van der Waals surface area contributed by atoms with Gasteiger partial charge in [-0.15, -0.1) is 4.40 Å². The van der Waals surface area contributed by atoms with Crippen LogP contribution in [0.25, 0.3) is 0 Å². The van der Waals surface area contributed by atoms with Gasteiger partial charge >= 0.3 is 16.2 Å². The summed E-state index contributed by atoms with van der Waals surface area (Å²) in [5, 5.41) is 3.53. The molecule has 2 heterocycles. The second kappa shape index (κ2) is 4.01. The molecule has 90 valence electrons. The first-order chi connectivity index (χ1) is 8.02. The lowest BCUT2D eigenvalue weighted by Crippen LogP contribution is -2.31. The molecule has 1 aromatic heterocycles. The predicted octanol–water partition coefficient (Wildman–Crippen LogP) is -0.631. The maximum absolute atomic E-state index is 11.4. The van der Waals surface area contributed by atoms with Crippen molar-refractivity contribution in [2.45, 2.75) is 0 Å². The summed E-state index contributed by atoms with van der Waals surface area (Å²) in [5.41, 5.74) is -0.0325. The third-order valence-corrected chi connectivity index (χ3v) is 2.76. The lowest BCUT2D eigenvalue weighted by Gasteiger charge is -2.12. The fraction of sp³-hybridized carbons (Fsp3) is 0.125. The van der Waals surface area contributed by atoms with Gasteiger partial charge in [-0.1, -0.05) is 5.16 Å². The summed E-state index contributed by atoms with van der Waals surface area (Å²) in [6.45, 7) is 0. The van der Waals surface area contributed by atoms with E-state index in [9.17, 15) is 13.2 Å². The largest absolute Gasteiger partial charge is 0.464 e. The molecule has 0 saturated carbocycles. The molecule has 0 aliphatic carbocycles. The Balaban J connectivity index is 2.47. The molecule has 0 amide bonds. The highest BCUT2D eigenvalue weighted by molar-refractivity contribution is 7.88. The molecular weight excluding hydrogens is 250 g/mol. The molecular formula is C8H7N3O5S. The molecule has 0 spiro atoms. The first kappa shape index (κ1) is 11.3. The minimum absolute atomic E-state index is 0.00194. The van der Waals surface area contributed by atoms with Crippen LogP contribution in [0.1, 0.15) is 5.69 Å². The van der Waals surface area contributed by atoms with Gasteiger partial charge in [0.25, 0.3) is 0 Å². The topological polar surface area (TPSA) is 111 Å². The Morgan fingerprint density at radius 2 is 2.29 bits per heavy atom. The Kier molecular flexibility index (Phi) is 2.68. The number of hydrogen-bond acceptors (Lipinski definition) is 6. The molecule has 9 heteroatoms. The summed E-state index contributed by atoms with van der Waals surface area (Å²) in [7, 11) is -2.84. The molecule has 2 rings (SSSR count). The number of nitrogens with zero attached hydrogens (tertiary/aromatic N) is 2. The van der Waals surface area contributed by atoms with E-state index in [1.54, 1.807) is 0 Å². The van der Waals surface area contributed by atoms with Crippen LogP contribution in [0.3, 0.4) is 0 Å². The number of carbonyl (C=O) groups is 1. The molecule has 8 nitrogen and oxygen atoms in total. The van der Waals surface area contributed by atoms with Crippen molar-refractivity contribution < 1.29 is 22.5 Å². The van der Waals surface area contributed by atoms with Crippen molar-refractivity contribution in [1.82, 2.24) is 9.88 Å². The molecule has 0 aromatic carbocycles. The molecule has 0 saturated heterocycles. The van der Waals surface area contributed by atoms with Crippen LogP contribution >= 0.6 is 0 Å². The fourth-order valence-corrected chi connectivity index (χ4v) is 2.03. The summed E-state index contributed by atoms with van der Waals surface area (Å²) in [6.07, 6.45) is 2.48. The van der Waals surface area contributed by atoms with Gasteiger partial charge in [0, 0.05) is 6.07 Å². The number of esters is 1. The Labute approximate surface area is 96.1 Å². The van der Waals surface area contributed by atoms with Crippen molar-refractivity contribution in [3.8, 4) is 0 Å². The van der Waals surface area contributed by atoms with E-state index in [4.69, 9.17) is 0 Å². The number of carbonyl (C=O) groups excluding carboxylic acids is 1. The van der Waals surface area contributed by atoms with E-state index >= 15 is 0 Å². The van der Waals surface area contributed by atoms with E-state index in [1.165, 1.54) is 18.4 Å². The number of ether oxygens (including phenoxy) is 1. The third-order valence-electron chi connectivity index (χ3n) is 1.84. The fourth-order valence-electron chi connectivity index (χ4n) is 1.16. The Morgan fingerprint density at radius 1 is 1.53 bits per heavy atom. The van der Waals surface area contributed by atoms with Gasteiger partial charge in [0.1, 0.15) is 23.4 Å². The normalized spacial score (nSPS) is 17.7. The minimum Gasteiger partial charge on any atom is -0.464 e. The van der Waals surface area contributed by atoms with Crippen molar-refractivity contribution in [3.63, 3.8) is 0 Å². The second-order valence-corrected chi connectivity index (χ2v) is 4.32. The van der Waals surface area contributed by atoms with Crippen molar-refractivity contribution in [2.24, 2.45) is 4.40 Å². The Bertz CT molecular complexity index is 599. The third kappa shape index (κ3) is 2.33. The van der Waals surface area contributed by atoms with Gasteiger partial charge in [-0.2, -0.15) is 8.42 Å². The summed E-state index contributed by atoms with van der Waals surface area (Å²) >= 11 is 0. The number of methoxy groups -OCH3 is 1. The number of rotatable bonds is 2. The van der Waals surface area contributed by atoms with Crippen LogP contribution in [-0.2, 0) is 19.7 Å². The molecule has 0 bridgehead atoms. The van der Waals surface area contributed by atoms with Crippen molar-refractivity contribution in [1.29, 1.82) is 0 Å². The van der Waals surface area contributed by atoms with Crippen LogP contribution in [0.15, 0.2) is 33.0 Å². The van der Waals surface area contributed by atoms with E-state index in [2.05, 4.69) is 18.8 Å². The SMILES string of the molecule is COC(=O)C1=CC(c2ccon2)=NS(=O)(=O)N1. The highest BCUT2D eigenvalue weighted by atomic mass is 32.2. The van der Waals surface area contributed by atoms with E-state index in [0.717, 1.165) is 7.11 Å². The summed E-state index contributed by atoms with van der Waals surface area (Å²) < 4.78 is 37.1. The molecule has 1 aliphatic rings. The quantitative estimate of drug-likeness (QED) is 0.706. The zero-order chi connectivity index (χ0) is 12.5. The van der Waals surface area contributed by atoms with E-state index in [1.807, 2.05) is 4.72 Å². The van der Waals surface area contributed by atoms with Crippen LogP contribution < -0.4 is 4.72 Å². The Morgan fingerprint density at radius 3 is 2.88 bits per heavy atom. The zero-order valence-electron chi connectivity index (χ0n) is 8.58. The molecule has 0 atom stereocenters. The van der Waals surface area contributed by atoms with E-state index in [-0.39, 0.29) is 17.1 Å². The zero-order valence-corrected chi connectivity index (χ0v) is 9.39. The van der Waals surface area contributed by atoms with Gasteiger partial charge in [0.15, 0.2) is 0 Å². The second-order valence-electron chi connectivity index (χ2n) is 2.99. The van der Waals surface area contributed by atoms with Crippen molar-refractivity contribution in [3.05, 3.63) is 29.8 Å². The van der Waals surface area contributed by atoms with E-state index < -0.39 is 16.2 Å². The van der Waals surface area contributed by atoms with Gasteiger partial charge in [-0.3, -0.25) is 4.72 Å². The van der Waals surface area contributed by atoms with Gasteiger partial charge < -0.3 is 9.26 Å². The number of nitrogens with one attached hydrogen (secondary N) is 1. The Hall–Kier alpha value is -2.16. The number of allylic oxidation sites excluding steroid dienone is 1. The lowest BCUT2D eigenvalue weighted by molar-refractivity contribution is -0.136. The first-order valence-electron chi connectivity index (χ1n) is 4.35. The highest BCUT2D eigenvalue weighted by Gasteiger charge is 2.24. The average Bonchev–Trinajstić information content (AvgIpc) is 2.79. The molecule has 1 N–H and O–H groups in total. The van der Waals surface area contributed by atoms with Gasteiger partial charge in [-0.25, -0.2) is 4.79 Å². The van der Waals surface area contributed by atoms with Gasteiger partial charge in [0.2, 0.25) is 0 Å². The van der Waals surface area contributed by atoms with Crippen LogP contribution in [0, 0.1) is 0 Å². The van der Waals surface area contributed by atoms with Gasteiger partial charge in [0.05, 0.1) is 7.11 Å². The number of hydrogen-bond donors (Lipinski definition) is 1. The van der Waals surface area contributed by atoms with E-state index in [0.29, 0.717) is 0 Å². The maximum atomic E-state index is 11.4. The predicted molar refractivity (Wildman–Crippen MR) is 55.2 cm³/mol. The average molecular weight is 257 g/mol. The van der Waals surface area contributed by atoms with Crippen molar-refractivity contribution >= 4 is 21.9 Å². The smallest absolute Gasteiger partial charge is 0.355 e. The van der Waals surface area contributed by atoms with Gasteiger partial charge in [-0.05, 0) is 6.08 Å². The van der Waals surface area contributed by atoms with Crippen LogP contribution in [0.2, 0.25) is 0 Å². The number of aromatic nitrogens is 1. The van der Waals surface area contributed by atoms with Crippen molar-refractivity contribution in [2.75, 3.05) is 7.11 Å². The summed E-state index contributed by atoms with van der Waals surface area (Å²) in [5.74, 6) is -0.815. The summed E-state index contributed by atoms with van der Waals surface area (Å²) in [4.78, 5) is 11.3. The van der Waals surface area contributed by atoms with Crippen LogP contribution in [0.5, 0.6) is 0 Å². The standard InChI is InChI=1S/C8H7N3O5S/c1-15-8(12)7-4-6(5-2-3-16-9-5)10-17(13,14)11-7/h2-4,11H,1H3. The summed E-state index contributed by atoms with van der Waals surface area (Å²) in [6, 6.07) is 1.42. The molecule has 0 fully saturated rings.